The Morgan fingerprint density at radius 1 is 1.13 bits per heavy atom. The molecular formula is C17H22N4O2. The van der Waals surface area contributed by atoms with Gasteiger partial charge in [0, 0.05) is 18.6 Å². The molecule has 122 valence electrons. The number of aliphatic hydroxyl groups excluding tert-OH is 1. The molecule has 0 unspecified atom stereocenters. The predicted octanol–water partition coefficient (Wildman–Crippen LogP) is 1.35. The van der Waals surface area contributed by atoms with Crippen LogP contribution in [0.2, 0.25) is 0 Å². The lowest BCUT2D eigenvalue weighted by molar-refractivity contribution is 0.169. The molecule has 1 aliphatic heterocycles. The summed E-state index contributed by atoms with van der Waals surface area (Å²) in [5.41, 5.74) is 6.72. The average Bonchev–Trinajstić information content (AvgIpc) is 2.62. The molecule has 0 aliphatic carbocycles. The van der Waals surface area contributed by atoms with Crippen molar-refractivity contribution in [3.8, 4) is 5.75 Å². The number of hydrogen-bond acceptors (Lipinski definition) is 6. The number of nitrogens with two attached hydrogens (primary N) is 1. The van der Waals surface area contributed by atoms with Gasteiger partial charge in [0.1, 0.15) is 6.61 Å². The Morgan fingerprint density at radius 2 is 1.78 bits per heavy atom. The van der Waals surface area contributed by atoms with Gasteiger partial charge in [0.15, 0.2) is 5.75 Å². The summed E-state index contributed by atoms with van der Waals surface area (Å²) in [6, 6.07) is 9.98. The fourth-order valence-electron chi connectivity index (χ4n) is 2.60. The maximum absolute atomic E-state index is 9.31. The molecule has 1 saturated heterocycles. The highest BCUT2D eigenvalue weighted by molar-refractivity contribution is 5.32. The molecule has 0 bridgehead atoms. The van der Waals surface area contributed by atoms with Crippen LogP contribution in [0.5, 0.6) is 5.75 Å². The lowest BCUT2D eigenvalue weighted by atomic mass is 9.90. The molecule has 0 amide bonds. The Kier molecular flexibility index (Phi) is 4.73. The predicted molar refractivity (Wildman–Crippen MR) is 88.3 cm³/mol. The standard InChI is InChI=1S/C17H22N4O2/c18-17(13-22)6-8-21(9-7-17)16-19-10-15(11-20-16)23-12-14-4-2-1-3-5-14/h1-5,10-11,22H,6-9,12-13,18H2. The first kappa shape index (κ1) is 15.7. The van der Waals surface area contributed by atoms with Crippen LogP contribution in [0, 0.1) is 0 Å². The van der Waals surface area contributed by atoms with E-state index in [4.69, 9.17) is 10.5 Å². The molecule has 0 atom stereocenters. The van der Waals surface area contributed by atoms with Crippen molar-refractivity contribution in [1.82, 2.24) is 9.97 Å². The zero-order chi connectivity index (χ0) is 16.1. The third kappa shape index (κ3) is 3.97. The van der Waals surface area contributed by atoms with Crippen molar-refractivity contribution in [2.24, 2.45) is 5.73 Å². The van der Waals surface area contributed by atoms with Crippen LogP contribution >= 0.6 is 0 Å². The fourth-order valence-corrected chi connectivity index (χ4v) is 2.60. The molecule has 1 aliphatic rings. The number of benzene rings is 1. The first-order valence-electron chi connectivity index (χ1n) is 7.82. The summed E-state index contributed by atoms with van der Waals surface area (Å²) in [6.45, 7) is 2.02. The summed E-state index contributed by atoms with van der Waals surface area (Å²) in [5, 5.41) is 9.31. The van der Waals surface area contributed by atoms with Crippen molar-refractivity contribution < 1.29 is 9.84 Å². The number of rotatable bonds is 5. The Hall–Kier alpha value is -2.18. The number of hydrogen-bond donors (Lipinski definition) is 2. The minimum atomic E-state index is -0.463. The van der Waals surface area contributed by atoms with Gasteiger partial charge in [-0.05, 0) is 18.4 Å². The minimum Gasteiger partial charge on any atom is -0.486 e. The maximum Gasteiger partial charge on any atom is 0.225 e. The second-order valence-electron chi connectivity index (χ2n) is 6.00. The van der Waals surface area contributed by atoms with Gasteiger partial charge in [0.2, 0.25) is 5.95 Å². The summed E-state index contributed by atoms with van der Waals surface area (Å²) >= 11 is 0. The molecule has 3 N–H and O–H groups in total. The zero-order valence-electron chi connectivity index (χ0n) is 13.1. The topological polar surface area (TPSA) is 84.5 Å². The largest absolute Gasteiger partial charge is 0.486 e. The average molecular weight is 314 g/mol. The lowest BCUT2D eigenvalue weighted by Crippen LogP contribution is -2.53. The van der Waals surface area contributed by atoms with Crippen LogP contribution in [0.1, 0.15) is 18.4 Å². The maximum atomic E-state index is 9.31. The number of nitrogens with zero attached hydrogens (tertiary/aromatic N) is 3. The third-order valence-electron chi connectivity index (χ3n) is 4.22. The molecule has 3 rings (SSSR count). The van der Waals surface area contributed by atoms with Gasteiger partial charge in [0.05, 0.1) is 19.0 Å². The van der Waals surface area contributed by atoms with Crippen LogP contribution < -0.4 is 15.4 Å². The number of piperidine rings is 1. The minimum absolute atomic E-state index is 0.0218. The van der Waals surface area contributed by atoms with Gasteiger partial charge in [0.25, 0.3) is 0 Å². The van der Waals surface area contributed by atoms with Crippen molar-refractivity contribution >= 4 is 5.95 Å². The van der Waals surface area contributed by atoms with E-state index < -0.39 is 5.54 Å². The van der Waals surface area contributed by atoms with E-state index in [0.717, 1.165) is 31.5 Å². The molecular weight excluding hydrogens is 292 g/mol. The van der Waals surface area contributed by atoms with Crippen LogP contribution in [0.25, 0.3) is 0 Å². The van der Waals surface area contributed by atoms with E-state index in [0.29, 0.717) is 18.3 Å². The van der Waals surface area contributed by atoms with Gasteiger partial charge in [-0.2, -0.15) is 0 Å². The second kappa shape index (κ2) is 6.93. The van der Waals surface area contributed by atoms with Gasteiger partial charge >= 0.3 is 0 Å². The van der Waals surface area contributed by atoms with E-state index in [2.05, 4.69) is 14.9 Å². The van der Waals surface area contributed by atoms with E-state index >= 15 is 0 Å². The van der Waals surface area contributed by atoms with E-state index in [1.807, 2.05) is 30.3 Å². The number of anilines is 1. The Labute approximate surface area is 135 Å². The molecule has 1 aromatic heterocycles. The normalized spacial score (nSPS) is 17.0. The molecule has 6 heteroatoms. The van der Waals surface area contributed by atoms with Crippen LogP contribution in [0.4, 0.5) is 5.95 Å². The number of aliphatic hydroxyl groups is 1. The summed E-state index contributed by atoms with van der Waals surface area (Å²) in [7, 11) is 0. The Morgan fingerprint density at radius 3 is 2.39 bits per heavy atom. The van der Waals surface area contributed by atoms with Crippen molar-refractivity contribution in [1.29, 1.82) is 0 Å². The van der Waals surface area contributed by atoms with E-state index in [1.165, 1.54) is 0 Å². The molecule has 1 fully saturated rings. The first-order chi connectivity index (χ1) is 11.2. The third-order valence-corrected chi connectivity index (χ3v) is 4.22. The van der Waals surface area contributed by atoms with Crippen molar-refractivity contribution in [3.63, 3.8) is 0 Å². The van der Waals surface area contributed by atoms with Gasteiger partial charge < -0.3 is 20.5 Å². The van der Waals surface area contributed by atoms with Gasteiger partial charge in [-0.3, -0.25) is 0 Å². The summed E-state index contributed by atoms with van der Waals surface area (Å²) in [4.78, 5) is 10.8. The van der Waals surface area contributed by atoms with Crippen molar-refractivity contribution in [3.05, 3.63) is 48.3 Å². The number of ether oxygens (including phenoxy) is 1. The lowest BCUT2D eigenvalue weighted by Gasteiger charge is -2.37. The monoisotopic (exact) mass is 314 g/mol. The fraction of sp³-hybridized carbons (Fsp3) is 0.412. The SMILES string of the molecule is NC1(CO)CCN(c2ncc(OCc3ccccc3)cn2)CC1. The van der Waals surface area contributed by atoms with E-state index in [1.54, 1.807) is 12.4 Å². The summed E-state index contributed by atoms with van der Waals surface area (Å²) < 4.78 is 5.69. The molecule has 2 heterocycles. The van der Waals surface area contributed by atoms with Crippen molar-refractivity contribution in [2.45, 2.75) is 25.0 Å². The quantitative estimate of drug-likeness (QED) is 0.866. The van der Waals surface area contributed by atoms with Gasteiger partial charge in [-0.25, -0.2) is 9.97 Å². The molecule has 23 heavy (non-hydrogen) atoms. The molecule has 0 spiro atoms. The van der Waals surface area contributed by atoms with Gasteiger partial charge in [-0.1, -0.05) is 30.3 Å². The van der Waals surface area contributed by atoms with Gasteiger partial charge in [-0.15, -0.1) is 0 Å². The first-order valence-corrected chi connectivity index (χ1v) is 7.82. The zero-order valence-corrected chi connectivity index (χ0v) is 13.1. The van der Waals surface area contributed by atoms with Crippen LogP contribution in [-0.2, 0) is 6.61 Å². The summed E-state index contributed by atoms with van der Waals surface area (Å²) in [5.74, 6) is 1.33. The van der Waals surface area contributed by atoms with E-state index in [9.17, 15) is 5.11 Å². The molecule has 6 nitrogen and oxygen atoms in total. The Bertz CT molecular complexity index is 610. The van der Waals surface area contributed by atoms with Crippen LogP contribution in [-0.4, -0.2) is 40.3 Å². The molecule has 0 saturated carbocycles. The number of aromatic nitrogens is 2. The molecule has 2 aromatic rings. The molecule has 1 aromatic carbocycles. The highest BCUT2D eigenvalue weighted by Crippen LogP contribution is 2.22. The Balaban J connectivity index is 1.55. The molecule has 0 radical (unpaired) electrons. The van der Waals surface area contributed by atoms with Crippen LogP contribution in [0.15, 0.2) is 42.7 Å². The second-order valence-corrected chi connectivity index (χ2v) is 6.00. The van der Waals surface area contributed by atoms with Crippen molar-refractivity contribution in [2.75, 3.05) is 24.6 Å². The van der Waals surface area contributed by atoms with Crippen LogP contribution in [0.3, 0.4) is 0 Å². The highest BCUT2D eigenvalue weighted by atomic mass is 16.5. The summed E-state index contributed by atoms with van der Waals surface area (Å²) in [6.07, 6.45) is 4.86. The highest BCUT2D eigenvalue weighted by Gasteiger charge is 2.30. The van der Waals surface area contributed by atoms with E-state index in [-0.39, 0.29) is 6.61 Å². The smallest absolute Gasteiger partial charge is 0.225 e.